The zero-order valence-electron chi connectivity index (χ0n) is 13.2. The summed E-state index contributed by atoms with van der Waals surface area (Å²) in [7, 11) is 0. The molecule has 4 rings (SSSR count). The van der Waals surface area contributed by atoms with Crippen molar-refractivity contribution in [2.45, 2.75) is 38.9 Å². The summed E-state index contributed by atoms with van der Waals surface area (Å²) in [5, 5.41) is 11.5. The smallest absolute Gasteiger partial charge is 0.246 e. The molecule has 1 aliphatic heterocycles. The molecule has 0 saturated heterocycles. The van der Waals surface area contributed by atoms with Gasteiger partial charge in [-0.1, -0.05) is 5.16 Å². The van der Waals surface area contributed by atoms with Crippen LogP contribution in [0.5, 0.6) is 0 Å². The minimum absolute atomic E-state index is 0.0582. The van der Waals surface area contributed by atoms with Gasteiger partial charge in [-0.25, -0.2) is 0 Å². The Kier molecular flexibility index (Phi) is 3.65. The van der Waals surface area contributed by atoms with Crippen molar-refractivity contribution < 1.29 is 9.32 Å². The minimum atomic E-state index is -0.277. The molecular formula is C16H21N5O2. The summed E-state index contributed by atoms with van der Waals surface area (Å²) in [6.07, 6.45) is 4.23. The topological polar surface area (TPSA) is 76.2 Å². The molecule has 1 atom stereocenters. The lowest BCUT2D eigenvalue weighted by atomic mass is 10.1. The Morgan fingerprint density at radius 2 is 2.35 bits per heavy atom. The van der Waals surface area contributed by atoms with E-state index in [0.717, 1.165) is 30.2 Å². The maximum absolute atomic E-state index is 12.6. The third-order valence-electron chi connectivity index (χ3n) is 4.49. The van der Waals surface area contributed by atoms with Gasteiger partial charge < -0.3 is 9.84 Å². The number of nitrogens with zero attached hydrogens (tertiary/aromatic N) is 4. The van der Waals surface area contributed by atoms with E-state index in [1.54, 1.807) is 6.20 Å². The van der Waals surface area contributed by atoms with Gasteiger partial charge in [-0.15, -0.1) is 0 Å². The third kappa shape index (κ3) is 3.14. The second-order valence-electron chi connectivity index (χ2n) is 6.57. The molecule has 1 fully saturated rings. The molecule has 1 amide bonds. The molecular weight excluding hydrogens is 294 g/mol. The predicted molar refractivity (Wildman–Crippen MR) is 82.4 cm³/mol. The molecule has 7 nitrogen and oxygen atoms in total. The zero-order valence-corrected chi connectivity index (χ0v) is 13.2. The highest BCUT2D eigenvalue weighted by molar-refractivity contribution is 5.80. The number of carbonyl (C=O) groups is 1. The summed E-state index contributed by atoms with van der Waals surface area (Å²) >= 11 is 0. The average Bonchev–Trinajstić information content (AvgIpc) is 3.10. The molecule has 7 heteroatoms. The molecule has 3 heterocycles. The monoisotopic (exact) mass is 315 g/mol. The van der Waals surface area contributed by atoms with Gasteiger partial charge in [0.2, 0.25) is 5.91 Å². The summed E-state index contributed by atoms with van der Waals surface area (Å²) in [4.78, 5) is 14.8. The Hall–Kier alpha value is -2.15. The molecule has 1 aliphatic carbocycles. The van der Waals surface area contributed by atoms with Crippen LogP contribution < -0.4 is 5.32 Å². The highest BCUT2D eigenvalue weighted by Gasteiger charge is 2.32. The predicted octanol–water partition coefficient (Wildman–Crippen LogP) is 1.26. The fraction of sp³-hybridized carbons (Fsp3) is 0.562. The summed E-state index contributed by atoms with van der Waals surface area (Å²) in [6, 6.07) is 3.63. The highest BCUT2D eigenvalue weighted by Crippen LogP contribution is 2.28. The van der Waals surface area contributed by atoms with E-state index in [1.807, 2.05) is 23.7 Å². The largest absolute Gasteiger partial charge is 0.361 e. The molecule has 1 N–H and O–H groups in total. The van der Waals surface area contributed by atoms with E-state index in [0.29, 0.717) is 19.0 Å². The van der Waals surface area contributed by atoms with Gasteiger partial charge in [0, 0.05) is 38.4 Å². The third-order valence-corrected chi connectivity index (χ3v) is 4.49. The van der Waals surface area contributed by atoms with Gasteiger partial charge >= 0.3 is 0 Å². The molecule has 2 aromatic rings. The van der Waals surface area contributed by atoms with Gasteiger partial charge in [0.05, 0.1) is 11.4 Å². The quantitative estimate of drug-likeness (QED) is 0.899. The number of rotatable bonds is 5. The van der Waals surface area contributed by atoms with Crippen LogP contribution in [0.1, 0.15) is 36.0 Å². The van der Waals surface area contributed by atoms with Crippen LogP contribution in [0, 0.1) is 12.8 Å². The van der Waals surface area contributed by atoms with Crippen molar-refractivity contribution in [3.05, 3.63) is 35.5 Å². The van der Waals surface area contributed by atoms with E-state index in [4.69, 9.17) is 4.52 Å². The number of aromatic nitrogens is 3. The van der Waals surface area contributed by atoms with E-state index < -0.39 is 0 Å². The molecule has 23 heavy (non-hydrogen) atoms. The first-order valence-corrected chi connectivity index (χ1v) is 8.13. The number of aryl methyl sites for hydroxylation is 1. The molecule has 0 aromatic carbocycles. The number of amides is 1. The van der Waals surface area contributed by atoms with Crippen molar-refractivity contribution in [2.24, 2.45) is 5.92 Å². The van der Waals surface area contributed by atoms with Crippen LogP contribution in [-0.2, 0) is 17.9 Å². The molecule has 122 valence electrons. The summed E-state index contributed by atoms with van der Waals surface area (Å²) in [6.45, 7) is 4.74. The minimum Gasteiger partial charge on any atom is -0.361 e. The van der Waals surface area contributed by atoms with E-state index in [9.17, 15) is 4.79 Å². The Labute approximate surface area is 134 Å². The van der Waals surface area contributed by atoms with Crippen molar-refractivity contribution >= 4 is 5.91 Å². The molecule has 0 bridgehead atoms. The van der Waals surface area contributed by atoms with Crippen LogP contribution in [0.2, 0.25) is 0 Å². The van der Waals surface area contributed by atoms with Crippen molar-refractivity contribution in [3.63, 3.8) is 0 Å². The first kappa shape index (κ1) is 14.4. The van der Waals surface area contributed by atoms with Crippen molar-refractivity contribution in [1.29, 1.82) is 0 Å². The highest BCUT2D eigenvalue weighted by atomic mass is 16.5. The Bertz CT molecular complexity index is 703. The summed E-state index contributed by atoms with van der Waals surface area (Å²) in [5.41, 5.74) is 1.95. The van der Waals surface area contributed by atoms with Crippen LogP contribution in [0.3, 0.4) is 0 Å². The van der Waals surface area contributed by atoms with Gasteiger partial charge in [0.15, 0.2) is 0 Å². The molecule has 0 spiro atoms. The number of carbonyl (C=O) groups excluding carboxylic acids is 1. The zero-order chi connectivity index (χ0) is 15.8. The maximum Gasteiger partial charge on any atom is 0.246 e. The Balaban J connectivity index is 1.47. The number of nitrogens with one attached hydrogen (secondary N) is 1. The van der Waals surface area contributed by atoms with Crippen molar-refractivity contribution in [1.82, 2.24) is 25.2 Å². The maximum atomic E-state index is 12.6. The number of hydrogen-bond acceptors (Lipinski definition) is 5. The van der Waals surface area contributed by atoms with E-state index in [-0.39, 0.29) is 11.9 Å². The van der Waals surface area contributed by atoms with Gasteiger partial charge in [-0.2, -0.15) is 5.10 Å². The van der Waals surface area contributed by atoms with Crippen LogP contribution >= 0.6 is 0 Å². The second-order valence-corrected chi connectivity index (χ2v) is 6.57. The van der Waals surface area contributed by atoms with E-state index in [2.05, 4.69) is 20.5 Å². The standard InChI is InChI=1S/C16H21N5O2/c1-11-6-13(19-23-11)8-20-9-14-4-5-18-21(14)15(10-20)16(22)17-7-12-2-3-12/h4-6,12,15H,2-3,7-10H2,1H3,(H,17,22). The van der Waals surface area contributed by atoms with Gasteiger partial charge in [0.1, 0.15) is 11.8 Å². The average molecular weight is 315 g/mol. The van der Waals surface area contributed by atoms with Crippen LogP contribution in [0.4, 0.5) is 0 Å². The Morgan fingerprint density at radius 1 is 1.48 bits per heavy atom. The number of fused-ring (bicyclic) bond motifs is 1. The fourth-order valence-corrected chi connectivity index (χ4v) is 3.08. The fourth-order valence-electron chi connectivity index (χ4n) is 3.08. The number of hydrogen-bond donors (Lipinski definition) is 1. The molecule has 1 unspecified atom stereocenters. The molecule has 0 radical (unpaired) electrons. The van der Waals surface area contributed by atoms with Crippen LogP contribution in [0.15, 0.2) is 22.9 Å². The molecule has 1 saturated carbocycles. The van der Waals surface area contributed by atoms with Crippen LogP contribution in [-0.4, -0.2) is 38.8 Å². The van der Waals surface area contributed by atoms with E-state index >= 15 is 0 Å². The molecule has 2 aliphatic rings. The van der Waals surface area contributed by atoms with Crippen LogP contribution in [0.25, 0.3) is 0 Å². The SMILES string of the molecule is Cc1cc(CN2Cc3ccnn3C(C(=O)NCC3CC3)C2)no1. The van der Waals surface area contributed by atoms with Crippen molar-refractivity contribution in [2.75, 3.05) is 13.1 Å². The Morgan fingerprint density at radius 3 is 3.09 bits per heavy atom. The summed E-state index contributed by atoms with van der Waals surface area (Å²) < 4.78 is 6.99. The first-order chi connectivity index (χ1) is 11.2. The van der Waals surface area contributed by atoms with Gasteiger partial charge in [0.25, 0.3) is 0 Å². The lowest BCUT2D eigenvalue weighted by molar-refractivity contribution is -0.126. The summed E-state index contributed by atoms with van der Waals surface area (Å²) in [5.74, 6) is 1.54. The molecule has 2 aromatic heterocycles. The van der Waals surface area contributed by atoms with Crippen molar-refractivity contribution in [3.8, 4) is 0 Å². The lowest BCUT2D eigenvalue weighted by Gasteiger charge is -2.32. The lowest BCUT2D eigenvalue weighted by Crippen LogP contribution is -2.45. The van der Waals surface area contributed by atoms with E-state index in [1.165, 1.54) is 12.8 Å². The second kappa shape index (κ2) is 5.81. The first-order valence-electron chi connectivity index (χ1n) is 8.13. The normalized spacial score (nSPS) is 21.2. The van der Waals surface area contributed by atoms with Gasteiger partial charge in [-0.05, 0) is 31.7 Å². The van der Waals surface area contributed by atoms with Gasteiger partial charge in [-0.3, -0.25) is 14.4 Å².